The molecule has 2 aliphatic heterocycles. The molecule has 1 atom stereocenters. The minimum atomic E-state index is 0.669. The first-order chi connectivity index (χ1) is 15.6. The zero-order valence-electron chi connectivity index (χ0n) is 18.3. The molecule has 0 bridgehead atoms. The molecular formula is C26H24N6. The molecule has 32 heavy (non-hydrogen) atoms. The average Bonchev–Trinajstić information content (AvgIpc) is 3.51. The van der Waals surface area contributed by atoms with Gasteiger partial charge in [0.25, 0.3) is 0 Å². The van der Waals surface area contributed by atoms with E-state index in [-0.39, 0.29) is 0 Å². The summed E-state index contributed by atoms with van der Waals surface area (Å²) >= 11 is 0. The normalized spacial score (nSPS) is 16.8. The third kappa shape index (κ3) is 2.93. The maximum Gasteiger partial charge on any atom is 0.185 e. The number of benzene rings is 2. The number of aryl methyl sites for hydroxylation is 1. The summed E-state index contributed by atoms with van der Waals surface area (Å²) in [7, 11) is 0. The fourth-order valence-corrected chi connectivity index (χ4v) is 5.01. The number of nitrogens with zero attached hydrogens (tertiary/aromatic N) is 6. The fraction of sp³-hybridized carbons (Fsp3) is 0.269. The van der Waals surface area contributed by atoms with Gasteiger partial charge in [0.1, 0.15) is 5.82 Å². The Morgan fingerprint density at radius 1 is 1.03 bits per heavy atom. The van der Waals surface area contributed by atoms with E-state index in [0.717, 1.165) is 59.7 Å². The van der Waals surface area contributed by atoms with Crippen LogP contribution < -0.4 is 4.90 Å². The zero-order valence-corrected chi connectivity index (χ0v) is 18.3. The van der Waals surface area contributed by atoms with Crippen molar-refractivity contribution in [1.82, 2.24) is 19.3 Å². The first-order valence-electron chi connectivity index (χ1n) is 11.1. The largest absolute Gasteiger partial charge is 0.371 e. The topological polar surface area (TPSA) is 62.7 Å². The summed E-state index contributed by atoms with van der Waals surface area (Å²) in [6.07, 6.45) is 3.44. The van der Waals surface area contributed by atoms with Crippen molar-refractivity contribution in [3.8, 4) is 34.4 Å². The lowest BCUT2D eigenvalue weighted by molar-refractivity contribution is 0.659. The molecular weight excluding hydrogens is 396 g/mol. The monoisotopic (exact) mass is 420 g/mol. The molecule has 2 aromatic carbocycles. The molecule has 0 unspecified atom stereocenters. The van der Waals surface area contributed by atoms with Crippen molar-refractivity contribution in [2.45, 2.75) is 26.8 Å². The summed E-state index contributed by atoms with van der Waals surface area (Å²) in [5.41, 5.74) is 7.65. The minimum absolute atomic E-state index is 0.669. The van der Waals surface area contributed by atoms with Crippen LogP contribution in [0.3, 0.4) is 0 Å². The van der Waals surface area contributed by atoms with E-state index in [2.05, 4.69) is 67.7 Å². The summed E-state index contributed by atoms with van der Waals surface area (Å²) in [6, 6.07) is 18.9. The highest BCUT2D eigenvalue weighted by atomic mass is 15.3. The summed E-state index contributed by atoms with van der Waals surface area (Å²) in [5, 5.41) is 18.1. The number of hydrogen-bond donors (Lipinski definition) is 0. The van der Waals surface area contributed by atoms with Crippen molar-refractivity contribution in [1.29, 1.82) is 5.26 Å². The molecule has 1 fully saturated rings. The summed E-state index contributed by atoms with van der Waals surface area (Å²) < 4.78 is 4.45. The van der Waals surface area contributed by atoms with Crippen LogP contribution in [0.25, 0.3) is 28.3 Å². The standard InChI is InChI=1S/C26H24N6/c1-17-9-10-30(14-17)23-7-8-24-22(11-23)16-31-15-21(20-5-3-19(13-27)4-6-20)12-25(31)26-29-28-18(2)32(24)26/h3-8,11-12,15,17H,9-10,14,16H2,1-2H3/t17-/m0/s1. The molecule has 0 N–H and O–H groups in total. The van der Waals surface area contributed by atoms with Crippen LogP contribution >= 0.6 is 0 Å². The third-order valence-electron chi connectivity index (χ3n) is 6.73. The summed E-state index contributed by atoms with van der Waals surface area (Å²) in [5.74, 6) is 2.49. The van der Waals surface area contributed by atoms with E-state index in [0.29, 0.717) is 5.56 Å². The SMILES string of the molecule is Cc1nnc2n1-c1ccc(N3CC[C@H](C)C3)cc1Cn1cc(-c3ccc(C#N)cc3)cc1-2. The molecule has 0 radical (unpaired) electrons. The van der Waals surface area contributed by atoms with Crippen molar-refractivity contribution < 1.29 is 0 Å². The summed E-state index contributed by atoms with van der Waals surface area (Å²) in [6.45, 7) is 7.35. The fourth-order valence-electron chi connectivity index (χ4n) is 5.01. The maximum atomic E-state index is 9.11. The number of hydrogen-bond acceptors (Lipinski definition) is 4. The van der Waals surface area contributed by atoms with E-state index in [4.69, 9.17) is 5.26 Å². The smallest absolute Gasteiger partial charge is 0.185 e. The van der Waals surface area contributed by atoms with Gasteiger partial charge in [-0.3, -0.25) is 4.57 Å². The van der Waals surface area contributed by atoms with Crippen LogP contribution in [0.15, 0.2) is 54.7 Å². The van der Waals surface area contributed by atoms with Crippen LogP contribution in [0.4, 0.5) is 5.69 Å². The van der Waals surface area contributed by atoms with E-state index in [1.807, 2.05) is 31.2 Å². The third-order valence-corrected chi connectivity index (χ3v) is 6.73. The molecule has 6 rings (SSSR count). The van der Waals surface area contributed by atoms with Gasteiger partial charge in [-0.15, -0.1) is 10.2 Å². The van der Waals surface area contributed by atoms with Gasteiger partial charge in [-0.1, -0.05) is 19.1 Å². The van der Waals surface area contributed by atoms with Crippen LogP contribution in [-0.2, 0) is 6.54 Å². The van der Waals surface area contributed by atoms with Gasteiger partial charge in [-0.05, 0) is 66.8 Å². The lowest BCUT2D eigenvalue weighted by atomic mass is 10.1. The van der Waals surface area contributed by atoms with Gasteiger partial charge in [0, 0.05) is 37.1 Å². The molecule has 6 nitrogen and oxygen atoms in total. The van der Waals surface area contributed by atoms with Gasteiger partial charge < -0.3 is 9.47 Å². The quantitative estimate of drug-likeness (QED) is 0.412. The van der Waals surface area contributed by atoms with Crippen LogP contribution in [0.1, 0.15) is 30.3 Å². The Hall–Kier alpha value is -3.85. The molecule has 4 heterocycles. The molecule has 2 aromatic heterocycles. The van der Waals surface area contributed by atoms with Gasteiger partial charge in [-0.2, -0.15) is 5.26 Å². The molecule has 6 heteroatoms. The molecule has 2 aliphatic rings. The first kappa shape index (κ1) is 18.9. The Balaban J connectivity index is 1.47. The number of fused-ring (bicyclic) bond motifs is 5. The predicted octanol–water partition coefficient (Wildman–Crippen LogP) is 4.79. The van der Waals surface area contributed by atoms with Gasteiger partial charge in [0.15, 0.2) is 5.82 Å². The zero-order chi connectivity index (χ0) is 21.8. The number of nitriles is 1. The minimum Gasteiger partial charge on any atom is -0.371 e. The van der Waals surface area contributed by atoms with Crippen molar-refractivity contribution in [3.05, 3.63) is 71.7 Å². The second-order valence-corrected chi connectivity index (χ2v) is 8.99. The van der Waals surface area contributed by atoms with Crippen molar-refractivity contribution >= 4 is 5.69 Å². The maximum absolute atomic E-state index is 9.11. The van der Waals surface area contributed by atoms with Gasteiger partial charge >= 0.3 is 0 Å². The molecule has 4 aromatic rings. The lowest BCUT2D eigenvalue weighted by Gasteiger charge is -2.21. The van der Waals surface area contributed by atoms with Crippen molar-refractivity contribution in [2.24, 2.45) is 5.92 Å². The molecule has 0 aliphatic carbocycles. The average molecular weight is 421 g/mol. The van der Waals surface area contributed by atoms with Gasteiger partial charge in [-0.25, -0.2) is 0 Å². The van der Waals surface area contributed by atoms with E-state index < -0.39 is 0 Å². The second-order valence-electron chi connectivity index (χ2n) is 8.99. The molecule has 0 amide bonds. The second kappa shape index (κ2) is 7.10. The Morgan fingerprint density at radius 3 is 2.62 bits per heavy atom. The molecule has 0 spiro atoms. The Kier molecular flexibility index (Phi) is 4.19. The number of anilines is 1. The van der Waals surface area contributed by atoms with Crippen LogP contribution in [0, 0.1) is 24.2 Å². The Morgan fingerprint density at radius 2 is 1.88 bits per heavy atom. The van der Waals surface area contributed by atoms with Crippen molar-refractivity contribution in [2.75, 3.05) is 18.0 Å². The van der Waals surface area contributed by atoms with E-state index in [1.165, 1.54) is 17.7 Å². The lowest BCUT2D eigenvalue weighted by Crippen LogP contribution is -2.19. The summed E-state index contributed by atoms with van der Waals surface area (Å²) in [4.78, 5) is 2.49. The Labute approximate surface area is 187 Å². The highest BCUT2D eigenvalue weighted by Gasteiger charge is 2.25. The molecule has 0 saturated carbocycles. The van der Waals surface area contributed by atoms with E-state index in [9.17, 15) is 0 Å². The number of aromatic nitrogens is 4. The highest BCUT2D eigenvalue weighted by Crippen LogP contribution is 2.36. The predicted molar refractivity (Wildman–Crippen MR) is 125 cm³/mol. The van der Waals surface area contributed by atoms with Gasteiger partial charge in [0.05, 0.1) is 23.0 Å². The van der Waals surface area contributed by atoms with E-state index >= 15 is 0 Å². The molecule has 158 valence electrons. The highest BCUT2D eigenvalue weighted by molar-refractivity contribution is 5.72. The molecule has 1 saturated heterocycles. The van der Waals surface area contributed by atoms with Crippen LogP contribution in [-0.4, -0.2) is 32.4 Å². The van der Waals surface area contributed by atoms with Crippen molar-refractivity contribution in [3.63, 3.8) is 0 Å². The van der Waals surface area contributed by atoms with Gasteiger partial charge in [0.2, 0.25) is 0 Å². The van der Waals surface area contributed by atoms with Crippen LogP contribution in [0.5, 0.6) is 0 Å². The van der Waals surface area contributed by atoms with Crippen LogP contribution in [0.2, 0.25) is 0 Å². The number of rotatable bonds is 2. The Bertz CT molecular complexity index is 1370. The van der Waals surface area contributed by atoms with E-state index in [1.54, 1.807) is 0 Å². The first-order valence-corrected chi connectivity index (χ1v) is 11.1.